The summed E-state index contributed by atoms with van der Waals surface area (Å²) < 4.78 is 0. The first-order chi connectivity index (χ1) is 18.5. The van der Waals surface area contributed by atoms with Crippen LogP contribution in [-0.4, -0.2) is 27.0 Å². The Balaban J connectivity index is 1.44. The minimum Gasteiger partial charge on any atom is -0.481 e. The summed E-state index contributed by atoms with van der Waals surface area (Å²) in [6.07, 6.45) is 6.09. The van der Waals surface area contributed by atoms with Gasteiger partial charge in [-0.05, 0) is 80.0 Å². The highest BCUT2D eigenvalue weighted by Gasteiger charge is 2.21. The molecule has 1 atom stereocenters. The van der Waals surface area contributed by atoms with E-state index in [0.29, 0.717) is 40.9 Å². The number of hydrogen-bond donors (Lipinski definition) is 2. The molecule has 1 unspecified atom stereocenters. The van der Waals surface area contributed by atoms with Crippen LogP contribution in [0, 0.1) is 0 Å². The van der Waals surface area contributed by atoms with Crippen molar-refractivity contribution in [3.8, 4) is 11.3 Å². The molecule has 4 aromatic rings. The molecule has 0 saturated carbocycles. The van der Waals surface area contributed by atoms with Crippen LogP contribution in [0.3, 0.4) is 0 Å². The Morgan fingerprint density at radius 2 is 1.76 bits per heavy atom. The fraction of sp³-hybridized carbons (Fsp3) is 0.290. The van der Waals surface area contributed by atoms with Crippen molar-refractivity contribution in [1.82, 2.24) is 15.3 Å². The van der Waals surface area contributed by atoms with Crippen LogP contribution in [0.1, 0.15) is 71.7 Å². The van der Waals surface area contributed by atoms with E-state index in [0.717, 1.165) is 42.6 Å². The van der Waals surface area contributed by atoms with Gasteiger partial charge in [-0.15, -0.1) is 0 Å². The molecule has 1 amide bonds. The number of carboxylic acid groups (broad SMARTS) is 1. The van der Waals surface area contributed by atoms with Crippen LogP contribution in [0.5, 0.6) is 0 Å². The van der Waals surface area contributed by atoms with E-state index in [9.17, 15) is 9.59 Å². The summed E-state index contributed by atoms with van der Waals surface area (Å²) >= 11 is 6.09. The molecule has 6 nitrogen and oxygen atoms in total. The number of halogens is 1. The van der Waals surface area contributed by atoms with Gasteiger partial charge in [-0.2, -0.15) is 0 Å². The third-order valence-corrected chi connectivity index (χ3v) is 7.35. The number of hydrogen-bond acceptors (Lipinski definition) is 4. The van der Waals surface area contributed by atoms with Gasteiger partial charge in [-0.1, -0.05) is 54.4 Å². The van der Waals surface area contributed by atoms with Gasteiger partial charge >= 0.3 is 5.97 Å². The van der Waals surface area contributed by atoms with E-state index in [2.05, 4.69) is 23.5 Å². The third-order valence-electron chi connectivity index (χ3n) is 7.10. The fourth-order valence-electron chi connectivity index (χ4n) is 5.13. The van der Waals surface area contributed by atoms with Gasteiger partial charge in [0, 0.05) is 22.6 Å². The molecule has 1 heterocycles. The SMILES string of the molecule is O=C(O)CCCCc1nc2cc(C(=O)NC3CCCCc4ccccc43)ccc2nc1-c1ccc(Cl)cc1. The molecule has 1 aromatic heterocycles. The highest BCUT2D eigenvalue weighted by atomic mass is 35.5. The number of aliphatic carboxylic acids is 1. The molecule has 1 aliphatic carbocycles. The zero-order valence-corrected chi connectivity index (χ0v) is 21.9. The smallest absolute Gasteiger partial charge is 0.303 e. The Hall–Kier alpha value is -3.77. The molecule has 38 heavy (non-hydrogen) atoms. The molecule has 1 aliphatic rings. The standard InChI is InChI=1S/C31H30ClN3O3/c32-23-16-13-21(14-17-23)30-27(11-5-6-12-29(36)37)33-28-19-22(15-18-26(28)34-30)31(38)35-25-10-4-2-8-20-7-1-3-9-24(20)25/h1,3,7,9,13-19,25H,2,4-6,8,10-12H2,(H,35,38)(H,36,37). The van der Waals surface area contributed by atoms with Crippen molar-refractivity contribution in [1.29, 1.82) is 0 Å². The molecule has 5 rings (SSSR count). The second-order valence-corrected chi connectivity index (χ2v) is 10.2. The molecular weight excluding hydrogens is 498 g/mol. The lowest BCUT2D eigenvalue weighted by Gasteiger charge is -2.19. The van der Waals surface area contributed by atoms with Crippen LogP contribution in [-0.2, 0) is 17.6 Å². The Morgan fingerprint density at radius 1 is 0.947 bits per heavy atom. The third kappa shape index (κ3) is 6.03. The minimum absolute atomic E-state index is 0.0138. The number of aromatic nitrogens is 2. The van der Waals surface area contributed by atoms with E-state index in [1.807, 2.05) is 36.4 Å². The number of carbonyl (C=O) groups excluding carboxylic acids is 1. The summed E-state index contributed by atoms with van der Waals surface area (Å²) in [5.74, 6) is -0.931. The Morgan fingerprint density at radius 3 is 2.58 bits per heavy atom. The van der Waals surface area contributed by atoms with Crippen molar-refractivity contribution in [2.24, 2.45) is 0 Å². The Bertz CT molecular complexity index is 1470. The van der Waals surface area contributed by atoms with E-state index in [4.69, 9.17) is 26.7 Å². The Kier molecular flexibility index (Phi) is 7.99. The summed E-state index contributed by atoms with van der Waals surface area (Å²) in [6, 6.07) is 21.2. The molecule has 7 heteroatoms. The number of carboxylic acids is 1. The molecule has 0 spiro atoms. The number of carbonyl (C=O) groups is 2. The molecule has 0 saturated heterocycles. The topological polar surface area (TPSA) is 92.2 Å². The van der Waals surface area contributed by atoms with Gasteiger partial charge in [-0.3, -0.25) is 9.59 Å². The van der Waals surface area contributed by atoms with Crippen LogP contribution in [0.25, 0.3) is 22.3 Å². The van der Waals surface area contributed by atoms with Crippen molar-refractivity contribution < 1.29 is 14.7 Å². The number of nitrogens with zero attached hydrogens (tertiary/aromatic N) is 2. The quantitative estimate of drug-likeness (QED) is 0.191. The molecule has 0 bridgehead atoms. The van der Waals surface area contributed by atoms with Crippen LogP contribution < -0.4 is 5.32 Å². The van der Waals surface area contributed by atoms with Crippen LogP contribution in [0.2, 0.25) is 5.02 Å². The monoisotopic (exact) mass is 527 g/mol. The number of nitrogens with one attached hydrogen (secondary N) is 1. The van der Waals surface area contributed by atoms with Gasteiger partial charge in [0.05, 0.1) is 28.5 Å². The number of fused-ring (bicyclic) bond motifs is 2. The summed E-state index contributed by atoms with van der Waals surface area (Å²) in [4.78, 5) is 34.1. The van der Waals surface area contributed by atoms with Crippen LogP contribution >= 0.6 is 11.6 Å². The van der Waals surface area contributed by atoms with Crippen molar-refractivity contribution in [3.05, 3.63) is 94.1 Å². The number of unbranched alkanes of at least 4 members (excludes halogenated alkanes) is 1. The predicted molar refractivity (Wildman–Crippen MR) is 149 cm³/mol. The lowest BCUT2D eigenvalue weighted by molar-refractivity contribution is -0.137. The van der Waals surface area contributed by atoms with E-state index in [-0.39, 0.29) is 18.4 Å². The van der Waals surface area contributed by atoms with Crippen LogP contribution in [0.4, 0.5) is 0 Å². The molecular formula is C31H30ClN3O3. The number of amides is 1. The highest BCUT2D eigenvalue weighted by molar-refractivity contribution is 6.30. The summed E-state index contributed by atoms with van der Waals surface area (Å²) in [7, 11) is 0. The lowest BCUT2D eigenvalue weighted by Crippen LogP contribution is -2.28. The maximum Gasteiger partial charge on any atom is 0.303 e. The van der Waals surface area contributed by atoms with Crippen molar-refractivity contribution >= 4 is 34.5 Å². The number of benzene rings is 3. The van der Waals surface area contributed by atoms with Gasteiger partial charge in [0.25, 0.3) is 5.91 Å². The second kappa shape index (κ2) is 11.7. The van der Waals surface area contributed by atoms with Crippen molar-refractivity contribution in [2.45, 2.75) is 57.4 Å². The zero-order chi connectivity index (χ0) is 26.5. The van der Waals surface area contributed by atoms with Gasteiger partial charge in [0.1, 0.15) is 0 Å². The fourth-order valence-corrected chi connectivity index (χ4v) is 5.25. The summed E-state index contributed by atoms with van der Waals surface area (Å²) in [6.45, 7) is 0. The van der Waals surface area contributed by atoms with Gasteiger partial charge < -0.3 is 10.4 Å². The van der Waals surface area contributed by atoms with Gasteiger partial charge in [0.15, 0.2) is 0 Å². The molecule has 3 aromatic carbocycles. The van der Waals surface area contributed by atoms with E-state index >= 15 is 0 Å². The van der Waals surface area contributed by atoms with Crippen molar-refractivity contribution in [2.75, 3.05) is 0 Å². The zero-order valence-electron chi connectivity index (χ0n) is 21.1. The van der Waals surface area contributed by atoms with Crippen LogP contribution in [0.15, 0.2) is 66.7 Å². The predicted octanol–water partition coefficient (Wildman–Crippen LogP) is 6.95. The molecule has 194 valence electrons. The summed E-state index contributed by atoms with van der Waals surface area (Å²) in [5.41, 5.74) is 6.82. The average molecular weight is 528 g/mol. The number of rotatable bonds is 8. The van der Waals surface area contributed by atoms with Crippen molar-refractivity contribution in [3.63, 3.8) is 0 Å². The van der Waals surface area contributed by atoms with E-state index in [1.165, 1.54) is 11.1 Å². The molecule has 2 N–H and O–H groups in total. The average Bonchev–Trinajstić information content (AvgIpc) is 3.13. The maximum atomic E-state index is 13.3. The lowest BCUT2D eigenvalue weighted by atomic mass is 9.98. The first-order valence-corrected chi connectivity index (χ1v) is 13.5. The Labute approximate surface area is 227 Å². The van der Waals surface area contributed by atoms with E-state index < -0.39 is 5.97 Å². The van der Waals surface area contributed by atoms with Gasteiger partial charge in [0.2, 0.25) is 0 Å². The largest absolute Gasteiger partial charge is 0.481 e. The molecule has 0 radical (unpaired) electrons. The summed E-state index contributed by atoms with van der Waals surface area (Å²) in [5, 5.41) is 12.9. The number of aryl methyl sites for hydroxylation is 2. The second-order valence-electron chi connectivity index (χ2n) is 9.80. The maximum absolute atomic E-state index is 13.3. The minimum atomic E-state index is -0.806. The van der Waals surface area contributed by atoms with Gasteiger partial charge in [-0.25, -0.2) is 9.97 Å². The molecule has 0 aliphatic heterocycles. The molecule has 0 fully saturated rings. The first-order valence-electron chi connectivity index (χ1n) is 13.1. The normalized spacial score (nSPS) is 15.0. The highest BCUT2D eigenvalue weighted by Crippen LogP contribution is 2.30. The first kappa shape index (κ1) is 25.9. The van der Waals surface area contributed by atoms with E-state index in [1.54, 1.807) is 12.1 Å².